The summed E-state index contributed by atoms with van der Waals surface area (Å²) in [5.41, 5.74) is 2.11. The molecule has 5 rings (SSSR count). The van der Waals surface area contributed by atoms with Gasteiger partial charge in [-0.2, -0.15) is 0 Å². The molecular formula is C26H29N3O4. The Morgan fingerprint density at radius 2 is 1.61 bits per heavy atom. The summed E-state index contributed by atoms with van der Waals surface area (Å²) in [6.07, 6.45) is 2.76. The second kappa shape index (κ2) is 8.21. The number of nitrogens with zero attached hydrogens (tertiary/aromatic N) is 2. The number of amides is 4. The number of rotatable bonds is 4. The number of benzene rings is 2. The third-order valence-electron chi connectivity index (χ3n) is 7.58. The minimum absolute atomic E-state index is 0.0114. The number of ether oxygens (including phenoxy) is 1. The molecule has 7 heteroatoms. The summed E-state index contributed by atoms with van der Waals surface area (Å²) in [5.74, 6) is 0.546. The standard InChI is InChI=1S/C26H29N3O4/c1-26(20-11-13-28(14-12-20)23(30)17-7-9-22(33-2)10-8-17)24(31)29(25(32)27-26)21-15-18-5-3-4-6-19(18)16-21/h3-10,20-21H,11-16H2,1-2H3,(H,27,32)/t26-/m0/s1. The van der Waals surface area contributed by atoms with Crippen molar-refractivity contribution in [2.24, 2.45) is 5.92 Å². The van der Waals surface area contributed by atoms with Crippen molar-refractivity contribution in [2.75, 3.05) is 20.2 Å². The van der Waals surface area contributed by atoms with E-state index in [1.165, 1.54) is 16.0 Å². The lowest BCUT2D eigenvalue weighted by molar-refractivity contribution is -0.134. The lowest BCUT2D eigenvalue weighted by Gasteiger charge is -2.39. The molecule has 7 nitrogen and oxygen atoms in total. The largest absolute Gasteiger partial charge is 0.497 e. The summed E-state index contributed by atoms with van der Waals surface area (Å²) in [5, 5.41) is 3.01. The topological polar surface area (TPSA) is 79.0 Å². The maximum atomic E-state index is 13.5. The van der Waals surface area contributed by atoms with Gasteiger partial charge in [-0.15, -0.1) is 0 Å². The molecule has 3 aliphatic rings. The van der Waals surface area contributed by atoms with Crippen LogP contribution in [0.4, 0.5) is 4.79 Å². The summed E-state index contributed by atoms with van der Waals surface area (Å²) in [7, 11) is 1.60. The fourth-order valence-electron chi connectivity index (χ4n) is 5.58. The monoisotopic (exact) mass is 447 g/mol. The van der Waals surface area contributed by atoms with Crippen molar-refractivity contribution in [3.63, 3.8) is 0 Å². The zero-order valence-corrected chi connectivity index (χ0v) is 19.0. The van der Waals surface area contributed by atoms with Crippen molar-refractivity contribution in [1.82, 2.24) is 15.1 Å². The zero-order valence-electron chi connectivity index (χ0n) is 19.0. The Kier molecular flexibility index (Phi) is 5.35. The molecule has 33 heavy (non-hydrogen) atoms. The molecule has 0 aromatic heterocycles. The molecule has 2 aromatic rings. The van der Waals surface area contributed by atoms with E-state index in [9.17, 15) is 14.4 Å². The third kappa shape index (κ3) is 3.65. The van der Waals surface area contributed by atoms with Crippen LogP contribution in [-0.4, -0.2) is 59.4 Å². The fourth-order valence-corrected chi connectivity index (χ4v) is 5.58. The fraction of sp³-hybridized carbons (Fsp3) is 0.423. The predicted octanol–water partition coefficient (Wildman–Crippen LogP) is 3.03. The van der Waals surface area contributed by atoms with Crippen LogP contribution < -0.4 is 10.1 Å². The van der Waals surface area contributed by atoms with E-state index in [-0.39, 0.29) is 29.8 Å². The molecule has 172 valence electrons. The van der Waals surface area contributed by atoms with Gasteiger partial charge in [0.25, 0.3) is 11.8 Å². The van der Waals surface area contributed by atoms with Crippen molar-refractivity contribution in [2.45, 2.75) is 44.2 Å². The van der Waals surface area contributed by atoms with E-state index in [0.29, 0.717) is 50.1 Å². The van der Waals surface area contributed by atoms with Gasteiger partial charge in [0.1, 0.15) is 11.3 Å². The molecule has 0 radical (unpaired) electrons. The van der Waals surface area contributed by atoms with Gasteiger partial charge in [-0.05, 0) is 73.9 Å². The Morgan fingerprint density at radius 3 is 2.18 bits per heavy atom. The van der Waals surface area contributed by atoms with Gasteiger partial charge in [-0.3, -0.25) is 14.5 Å². The first-order valence-corrected chi connectivity index (χ1v) is 11.6. The summed E-state index contributed by atoms with van der Waals surface area (Å²) in [6, 6.07) is 14.8. The quantitative estimate of drug-likeness (QED) is 0.731. The highest BCUT2D eigenvalue weighted by atomic mass is 16.5. The normalized spacial score (nSPS) is 23.6. The minimum atomic E-state index is -0.929. The molecule has 0 spiro atoms. The van der Waals surface area contributed by atoms with Gasteiger partial charge in [0, 0.05) is 24.7 Å². The number of carbonyl (C=O) groups is 3. The van der Waals surface area contributed by atoms with Crippen molar-refractivity contribution in [3.8, 4) is 5.75 Å². The first kappa shape index (κ1) is 21.5. The molecule has 1 aliphatic carbocycles. The van der Waals surface area contributed by atoms with Crippen LogP contribution >= 0.6 is 0 Å². The number of carbonyl (C=O) groups excluding carboxylic acids is 3. The SMILES string of the molecule is COc1ccc(C(=O)N2CCC([C@]3(C)NC(=O)N(C4Cc5ccccc5C4)C3=O)CC2)cc1. The summed E-state index contributed by atoms with van der Waals surface area (Å²) >= 11 is 0. The predicted molar refractivity (Wildman–Crippen MR) is 123 cm³/mol. The molecule has 0 unspecified atom stereocenters. The number of hydrogen-bond acceptors (Lipinski definition) is 4. The molecule has 2 saturated heterocycles. The van der Waals surface area contributed by atoms with Crippen molar-refractivity contribution < 1.29 is 19.1 Å². The Hall–Kier alpha value is -3.35. The van der Waals surface area contributed by atoms with E-state index in [1.807, 2.05) is 24.0 Å². The van der Waals surface area contributed by atoms with Crippen molar-refractivity contribution >= 4 is 17.8 Å². The van der Waals surface area contributed by atoms with Crippen LogP contribution in [0, 0.1) is 5.92 Å². The molecule has 1 N–H and O–H groups in total. The second-order valence-electron chi connectivity index (χ2n) is 9.43. The van der Waals surface area contributed by atoms with E-state index in [4.69, 9.17) is 4.74 Å². The van der Waals surface area contributed by atoms with E-state index in [2.05, 4.69) is 17.4 Å². The van der Waals surface area contributed by atoms with E-state index in [1.54, 1.807) is 31.4 Å². The molecule has 2 heterocycles. The smallest absolute Gasteiger partial charge is 0.325 e. The van der Waals surface area contributed by atoms with E-state index in [0.717, 1.165) is 0 Å². The van der Waals surface area contributed by atoms with Gasteiger partial charge < -0.3 is 15.0 Å². The Morgan fingerprint density at radius 1 is 1.00 bits per heavy atom. The molecular weight excluding hydrogens is 418 g/mol. The van der Waals surface area contributed by atoms with Gasteiger partial charge in [0.15, 0.2) is 0 Å². The Labute approximate surface area is 193 Å². The second-order valence-corrected chi connectivity index (χ2v) is 9.43. The van der Waals surface area contributed by atoms with Crippen LogP contribution in [-0.2, 0) is 17.6 Å². The minimum Gasteiger partial charge on any atom is -0.497 e. The number of methoxy groups -OCH3 is 1. The van der Waals surface area contributed by atoms with Crippen molar-refractivity contribution in [3.05, 3.63) is 65.2 Å². The molecule has 0 saturated carbocycles. The Bertz CT molecular complexity index is 1070. The molecule has 2 aromatic carbocycles. The average molecular weight is 448 g/mol. The molecule has 2 fully saturated rings. The molecule has 0 bridgehead atoms. The first-order chi connectivity index (χ1) is 15.9. The molecule has 4 amide bonds. The highest BCUT2D eigenvalue weighted by molar-refractivity contribution is 6.07. The van der Waals surface area contributed by atoms with Crippen molar-refractivity contribution in [1.29, 1.82) is 0 Å². The highest BCUT2D eigenvalue weighted by Crippen LogP contribution is 2.37. The Balaban J connectivity index is 1.24. The van der Waals surface area contributed by atoms with Crippen LogP contribution in [0.3, 0.4) is 0 Å². The van der Waals surface area contributed by atoms with E-state index < -0.39 is 5.54 Å². The van der Waals surface area contributed by atoms with Crippen LogP contribution in [0.25, 0.3) is 0 Å². The molecule has 2 aliphatic heterocycles. The zero-order chi connectivity index (χ0) is 23.2. The third-order valence-corrected chi connectivity index (χ3v) is 7.58. The highest BCUT2D eigenvalue weighted by Gasteiger charge is 2.55. The summed E-state index contributed by atoms with van der Waals surface area (Å²) < 4.78 is 5.16. The first-order valence-electron chi connectivity index (χ1n) is 11.6. The lowest BCUT2D eigenvalue weighted by Crippen LogP contribution is -2.55. The summed E-state index contributed by atoms with van der Waals surface area (Å²) in [4.78, 5) is 42.6. The van der Waals surface area contributed by atoms with Gasteiger partial charge >= 0.3 is 6.03 Å². The van der Waals surface area contributed by atoms with E-state index >= 15 is 0 Å². The lowest BCUT2D eigenvalue weighted by atomic mass is 9.78. The van der Waals surface area contributed by atoms with Gasteiger partial charge in [-0.25, -0.2) is 4.79 Å². The summed E-state index contributed by atoms with van der Waals surface area (Å²) in [6.45, 7) is 2.97. The number of hydrogen-bond donors (Lipinski definition) is 1. The van der Waals surface area contributed by atoms with Crippen LogP contribution in [0.2, 0.25) is 0 Å². The van der Waals surface area contributed by atoms with Crippen LogP contribution in [0.15, 0.2) is 48.5 Å². The van der Waals surface area contributed by atoms with Crippen LogP contribution in [0.1, 0.15) is 41.3 Å². The van der Waals surface area contributed by atoms with Crippen LogP contribution in [0.5, 0.6) is 5.75 Å². The number of urea groups is 1. The number of likely N-dealkylation sites (tertiary alicyclic amines) is 1. The molecule has 1 atom stereocenters. The van der Waals surface area contributed by atoms with Gasteiger partial charge in [-0.1, -0.05) is 24.3 Å². The maximum Gasteiger partial charge on any atom is 0.325 e. The number of nitrogens with one attached hydrogen (secondary N) is 1. The van der Waals surface area contributed by atoms with Gasteiger partial charge in [0.05, 0.1) is 7.11 Å². The number of imide groups is 1. The average Bonchev–Trinajstić information content (AvgIpc) is 3.36. The number of fused-ring (bicyclic) bond motifs is 1. The van der Waals surface area contributed by atoms with Gasteiger partial charge in [0.2, 0.25) is 0 Å². The number of piperidine rings is 1. The maximum absolute atomic E-state index is 13.5.